The maximum atomic E-state index is 13.4. The molecular weight excluding hydrogens is 418 g/mol. The lowest BCUT2D eigenvalue weighted by Gasteiger charge is -2.32. The molecule has 3 aromatic rings. The number of rotatable bonds is 7. The first-order valence-corrected chi connectivity index (χ1v) is 11.5. The number of fused-ring (bicyclic) bond motifs is 1. The van der Waals surface area contributed by atoms with Gasteiger partial charge in [0.2, 0.25) is 5.91 Å². The van der Waals surface area contributed by atoms with Crippen LogP contribution in [0.5, 0.6) is 5.75 Å². The predicted molar refractivity (Wildman–Crippen MR) is 125 cm³/mol. The molecule has 33 heavy (non-hydrogen) atoms. The van der Waals surface area contributed by atoms with E-state index in [2.05, 4.69) is 4.98 Å². The number of esters is 1. The van der Waals surface area contributed by atoms with Crippen LogP contribution in [0, 0.1) is 12.8 Å². The van der Waals surface area contributed by atoms with Crippen molar-refractivity contribution in [1.82, 2.24) is 14.3 Å². The van der Waals surface area contributed by atoms with Crippen molar-refractivity contribution in [1.29, 1.82) is 0 Å². The van der Waals surface area contributed by atoms with E-state index in [4.69, 9.17) is 9.47 Å². The molecule has 0 spiro atoms. The van der Waals surface area contributed by atoms with E-state index in [-0.39, 0.29) is 23.7 Å². The van der Waals surface area contributed by atoms with Gasteiger partial charge in [-0.25, -0.2) is 4.98 Å². The Morgan fingerprint density at radius 1 is 1.18 bits per heavy atom. The van der Waals surface area contributed by atoms with E-state index in [9.17, 15) is 9.59 Å². The van der Waals surface area contributed by atoms with E-state index in [0.717, 1.165) is 28.2 Å². The number of carbonyl (C=O) groups excluding carboxylic acids is 2. The molecule has 1 aliphatic rings. The largest absolute Gasteiger partial charge is 0.496 e. The number of methoxy groups -OCH3 is 1. The second kappa shape index (κ2) is 10.1. The van der Waals surface area contributed by atoms with Gasteiger partial charge in [0, 0.05) is 43.4 Å². The number of nitrogens with zero attached hydrogens (tertiary/aromatic N) is 3. The third kappa shape index (κ3) is 4.87. The molecule has 2 aromatic heterocycles. The summed E-state index contributed by atoms with van der Waals surface area (Å²) in [5, 5.41) is 0. The Bertz CT molecular complexity index is 1130. The van der Waals surface area contributed by atoms with Gasteiger partial charge in [-0.1, -0.05) is 18.2 Å². The minimum atomic E-state index is -0.214. The maximum absolute atomic E-state index is 13.4. The minimum Gasteiger partial charge on any atom is -0.496 e. The summed E-state index contributed by atoms with van der Waals surface area (Å²) in [7, 11) is 1.65. The Morgan fingerprint density at radius 2 is 1.94 bits per heavy atom. The number of imidazole rings is 1. The second-order valence-corrected chi connectivity index (χ2v) is 8.52. The molecule has 0 aliphatic carbocycles. The first-order chi connectivity index (χ1) is 16.0. The molecule has 0 N–H and O–H groups in total. The minimum absolute atomic E-state index is 0.0651. The molecule has 1 atom stereocenters. The van der Waals surface area contributed by atoms with Crippen molar-refractivity contribution >= 4 is 17.5 Å². The van der Waals surface area contributed by atoms with Crippen LogP contribution in [0.25, 0.3) is 5.65 Å². The third-order valence-electron chi connectivity index (χ3n) is 6.42. The number of aromatic nitrogens is 2. The van der Waals surface area contributed by atoms with E-state index in [1.165, 1.54) is 0 Å². The van der Waals surface area contributed by atoms with Gasteiger partial charge in [0.25, 0.3) is 0 Å². The molecule has 0 saturated carbocycles. The summed E-state index contributed by atoms with van der Waals surface area (Å²) in [5.41, 5.74) is 3.89. The fourth-order valence-corrected chi connectivity index (χ4v) is 4.62. The van der Waals surface area contributed by atoms with Crippen molar-refractivity contribution in [3.8, 4) is 5.75 Å². The van der Waals surface area contributed by atoms with Gasteiger partial charge in [-0.3, -0.25) is 9.59 Å². The Labute approximate surface area is 194 Å². The first-order valence-electron chi connectivity index (χ1n) is 11.5. The van der Waals surface area contributed by atoms with Crippen molar-refractivity contribution < 1.29 is 19.1 Å². The summed E-state index contributed by atoms with van der Waals surface area (Å²) >= 11 is 0. The third-order valence-corrected chi connectivity index (χ3v) is 6.42. The van der Waals surface area contributed by atoms with Gasteiger partial charge in [0.15, 0.2) is 0 Å². The zero-order valence-corrected chi connectivity index (χ0v) is 19.5. The molecular formula is C26H31N3O4. The summed E-state index contributed by atoms with van der Waals surface area (Å²) in [4.78, 5) is 31.9. The number of ether oxygens (including phenoxy) is 2. The molecule has 0 bridgehead atoms. The van der Waals surface area contributed by atoms with Gasteiger partial charge in [-0.05, 0) is 50.5 Å². The number of amides is 1. The maximum Gasteiger partial charge on any atom is 0.309 e. The van der Waals surface area contributed by atoms with Crippen LogP contribution in [0.1, 0.15) is 48.9 Å². The fourth-order valence-electron chi connectivity index (χ4n) is 4.62. The highest BCUT2D eigenvalue weighted by atomic mass is 16.5. The van der Waals surface area contributed by atoms with E-state index in [1.54, 1.807) is 7.11 Å². The SMILES string of the molecule is CCOC(=O)C1CCN(C(=O)CC(c2ccccc2OC)c2cnc3cc(C)ccn23)CC1. The molecule has 1 saturated heterocycles. The van der Waals surface area contributed by atoms with E-state index in [0.29, 0.717) is 39.0 Å². The number of carbonyl (C=O) groups is 2. The van der Waals surface area contributed by atoms with Crippen LogP contribution in [0.2, 0.25) is 0 Å². The van der Waals surface area contributed by atoms with E-state index in [1.807, 2.05) is 71.9 Å². The Balaban J connectivity index is 1.60. The van der Waals surface area contributed by atoms with Gasteiger partial charge >= 0.3 is 5.97 Å². The number of hydrogen-bond donors (Lipinski definition) is 0. The monoisotopic (exact) mass is 449 g/mol. The van der Waals surface area contributed by atoms with Crippen molar-refractivity contribution in [2.45, 2.75) is 39.0 Å². The number of para-hydroxylation sites is 1. The Kier molecular flexibility index (Phi) is 6.96. The lowest BCUT2D eigenvalue weighted by Crippen LogP contribution is -2.41. The number of hydrogen-bond acceptors (Lipinski definition) is 5. The number of pyridine rings is 1. The lowest BCUT2D eigenvalue weighted by atomic mass is 9.90. The average Bonchev–Trinajstić information content (AvgIpc) is 3.25. The highest BCUT2D eigenvalue weighted by Gasteiger charge is 2.31. The topological polar surface area (TPSA) is 73.1 Å². The fraction of sp³-hybridized carbons (Fsp3) is 0.423. The molecule has 0 radical (unpaired) electrons. The number of likely N-dealkylation sites (tertiary alicyclic amines) is 1. The summed E-state index contributed by atoms with van der Waals surface area (Å²) in [6.45, 7) is 5.36. The molecule has 1 fully saturated rings. The van der Waals surface area contributed by atoms with Crippen molar-refractivity contribution in [3.05, 3.63) is 65.6 Å². The smallest absolute Gasteiger partial charge is 0.309 e. The highest BCUT2D eigenvalue weighted by Crippen LogP contribution is 2.35. The average molecular weight is 450 g/mol. The van der Waals surface area contributed by atoms with Crippen molar-refractivity contribution in [2.24, 2.45) is 5.92 Å². The quantitative estimate of drug-likeness (QED) is 0.510. The molecule has 3 heterocycles. The molecule has 4 rings (SSSR count). The van der Waals surface area contributed by atoms with Crippen LogP contribution < -0.4 is 4.74 Å². The molecule has 7 nitrogen and oxygen atoms in total. The molecule has 1 aliphatic heterocycles. The van der Waals surface area contributed by atoms with Gasteiger partial charge in [-0.15, -0.1) is 0 Å². The summed E-state index contributed by atoms with van der Waals surface area (Å²) < 4.78 is 12.8. The molecule has 1 aromatic carbocycles. The van der Waals surface area contributed by atoms with Crippen molar-refractivity contribution in [3.63, 3.8) is 0 Å². The number of aryl methyl sites for hydroxylation is 1. The second-order valence-electron chi connectivity index (χ2n) is 8.52. The van der Waals surface area contributed by atoms with E-state index >= 15 is 0 Å². The van der Waals surface area contributed by atoms with Crippen LogP contribution in [0.15, 0.2) is 48.8 Å². The number of benzene rings is 1. The van der Waals surface area contributed by atoms with Gasteiger partial charge < -0.3 is 18.8 Å². The van der Waals surface area contributed by atoms with Crippen LogP contribution in [0.3, 0.4) is 0 Å². The molecule has 7 heteroatoms. The zero-order chi connectivity index (χ0) is 23.4. The highest BCUT2D eigenvalue weighted by molar-refractivity contribution is 5.79. The first kappa shape index (κ1) is 22.8. The van der Waals surface area contributed by atoms with Crippen LogP contribution in [-0.4, -0.2) is 53.0 Å². The van der Waals surface area contributed by atoms with Gasteiger partial charge in [0.1, 0.15) is 11.4 Å². The van der Waals surface area contributed by atoms with Gasteiger partial charge in [-0.2, -0.15) is 0 Å². The van der Waals surface area contributed by atoms with Crippen molar-refractivity contribution in [2.75, 3.05) is 26.8 Å². The summed E-state index contributed by atoms with van der Waals surface area (Å²) in [6.07, 6.45) is 5.43. The lowest BCUT2D eigenvalue weighted by molar-refractivity contribution is -0.151. The Hall–Kier alpha value is -3.35. The van der Waals surface area contributed by atoms with E-state index < -0.39 is 0 Å². The zero-order valence-electron chi connectivity index (χ0n) is 19.5. The standard InChI is InChI=1S/C26H31N3O4/c1-4-33-26(31)19-10-12-28(13-11-19)25(30)16-21(20-7-5-6-8-23(20)32-3)22-17-27-24-15-18(2)9-14-29(22)24/h5-9,14-15,17,19,21H,4,10-13,16H2,1-3H3. The van der Waals surface area contributed by atoms with Crippen LogP contribution in [0.4, 0.5) is 0 Å². The van der Waals surface area contributed by atoms with Crippen LogP contribution >= 0.6 is 0 Å². The predicted octanol–water partition coefficient (Wildman–Crippen LogP) is 3.98. The summed E-state index contributed by atoms with van der Waals surface area (Å²) in [5.74, 6) is 0.321. The van der Waals surface area contributed by atoms with Crippen LogP contribution in [-0.2, 0) is 14.3 Å². The normalized spacial score (nSPS) is 15.4. The summed E-state index contributed by atoms with van der Waals surface area (Å²) in [6, 6.07) is 11.9. The number of piperidine rings is 1. The molecule has 174 valence electrons. The molecule has 1 unspecified atom stereocenters. The molecule has 1 amide bonds. The van der Waals surface area contributed by atoms with Gasteiger partial charge in [0.05, 0.1) is 25.3 Å². The Morgan fingerprint density at radius 3 is 2.67 bits per heavy atom.